The molecule has 2 aliphatic carbocycles. The Morgan fingerprint density at radius 2 is 1.68 bits per heavy atom. The van der Waals surface area contributed by atoms with Gasteiger partial charge in [0.15, 0.2) is 0 Å². The SMILES string of the molecule is CCCCCC1CCC(C2=CCC(c3cc(F)cc(F)c3)C=C2)CC1. The van der Waals surface area contributed by atoms with Gasteiger partial charge in [-0.2, -0.15) is 0 Å². The Bertz CT molecular complexity index is 601. The number of unbranched alkanes of at least 4 members (excludes halogenated alkanes) is 2. The summed E-state index contributed by atoms with van der Waals surface area (Å²) in [6, 6.07) is 3.85. The third-order valence-corrected chi connectivity index (χ3v) is 5.98. The highest BCUT2D eigenvalue weighted by atomic mass is 19.1. The molecule has 0 heterocycles. The maximum atomic E-state index is 13.4. The zero-order valence-electron chi connectivity index (χ0n) is 15.3. The van der Waals surface area contributed by atoms with E-state index in [1.807, 2.05) is 0 Å². The smallest absolute Gasteiger partial charge is 0.126 e. The van der Waals surface area contributed by atoms with Gasteiger partial charge in [0.05, 0.1) is 0 Å². The van der Waals surface area contributed by atoms with Gasteiger partial charge in [-0.1, -0.05) is 50.8 Å². The van der Waals surface area contributed by atoms with Crippen molar-refractivity contribution < 1.29 is 8.78 Å². The van der Waals surface area contributed by atoms with Crippen LogP contribution in [0.3, 0.4) is 0 Å². The fourth-order valence-corrected chi connectivity index (χ4v) is 4.44. The first-order valence-electron chi connectivity index (χ1n) is 10.00. The summed E-state index contributed by atoms with van der Waals surface area (Å²) in [5.41, 5.74) is 2.18. The first kappa shape index (κ1) is 18.4. The molecule has 1 fully saturated rings. The number of rotatable bonds is 6. The van der Waals surface area contributed by atoms with Gasteiger partial charge in [-0.15, -0.1) is 0 Å². The quantitative estimate of drug-likeness (QED) is 0.474. The maximum Gasteiger partial charge on any atom is 0.126 e. The largest absolute Gasteiger partial charge is 0.207 e. The van der Waals surface area contributed by atoms with Crippen LogP contribution < -0.4 is 0 Å². The summed E-state index contributed by atoms with van der Waals surface area (Å²) in [7, 11) is 0. The van der Waals surface area contributed by atoms with Gasteiger partial charge in [0, 0.05) is 12.0 Å². The van der Waals surface area contributed by atoms with E-state index in [2.05, 4.69) is 25.2 Å². The average Bonchev–Trinajstić information content (AvgIpc) is 2.62. The maximum absolute atomic E-state index is 13.4. The summed E-state index contributed by atoms with van der Waals surface area (Å²) in [6.45, 7) is 2.27. The molecule has 1 atom stereocenters. The molecular formula is C23H30F2. The minimum atomic E-state index is -0.487. The number of hydrogen-bond donors (Lipinski definition) is 0. The molecule has 0 aliphatic heterocycles. The fourth-order valence-electron chi connectivity index (χ4n) is 4.44. The number of allylic oxidation sites excluding steroid dienone is 4. The highest BCUT2D eigenvalue weighted by Gasteiger charge is 2.24. The molecule has 0 bridgehead atoms. The van der Waals surface area contributed by atoms with Crippen molar-refractivity contribution in [2.24, 2.45) is 11.8 Å². The molecule has 1 aromatic carbocycles. The first-order valence-corrected chi connectivity index (χ1v) is 10.00. The zero-order valence-corrected chi connectivity index (χ0v) is 15.3. The Morgan fingerprint density at radius 1 is 0.960 bits per heavy atom. The molecule has 1 unspecified atom stereocenters. The lowest BCUT2D eigenvalue weighted by molar-refractivity contribution is 0.283. The Kier molecular flexibility index (Phi) is 6.45. The summed E-state index contributed by atoms with van der Waals surface area (Å²) in [6.07, 6.45) is 18.3. The molecule has 0 radical (unpaired) electrons. The molecule has 0 amide bonds. The van der Waals surface area contributed by atoms with Crippen molar-refractivity contribution in [1.82, 2.24) is 0 Å². The highest BCUT2D eigenvalue weighted by Crippen LogP contribution is 2.38. The van der Waals surface area contributed by atoms with Crippen molar-refractivity contribution in [3.05, 3.63) is 59.2 Å². The molecule has 136 valence electrons. The molecule has 0 nitrogen and oxygen atoms in total. The lowest BCUT2D eigenvalue weighted by Gasteiger charge is -2.31. The Balaban J connectivity index is 1.51. The van der Waals surface area contributed by atoms with Crippen LogP contribution >= 0.6 is 0 Å². The summed E-state index contributed by atoms with van der Waals surface area (Å²) < 4.78 is 26.8. The molecule has 3 rings (SSSR count). The Morgan fingerprint density at radius 3 is 2.28 bits per heavy atom. The number of halogens is 2. The molecule has 2 aliphatic rings. The van der Waals surface area contributed by atoms with E-state index in [1.54, 1.807) is 0 Å². The van der Waals surface area contributed by atoms with E-state index >= 15 is 0 Å². The molecule has 1 saturated carbocycles. The van der Waals surface area contributed by atoms with Crippen LogP contribution in [0.25, 0.3) is 0 Å². The van der Waals surface area contributed by atoms with E-state index < -0.39 is 11.6 Å². The van der Waals surface area contributed by atoms with Crippen LogP contribution in [0.1, 0.15) is 76.2 Å². The van der Waals surface area contributed by atoms with E-state index in [0.717, 1.165) is 24.0 Å². The van der Waals surface area contributed by atoms with Gasteiger partial charge in [-0.3, -0.25) is 0 Å². The molecule has 0 aromatic heterocycles. The van der Waals surface area contributed by atoms with Gasteiger partial charge in [0.25, 0.3) is 0 Å². The molecule has 0 N–H and O–H groups in total. The van der Waals surface area contributed by atoms with Crippen molar-refractivity contribution in [1.29, 1.82) is 0 Å². The third kappa shape index (κ3) is 5.03. The third-order valence-electron chi connectivity index (χ3n) is 5.98. The topological polar surface area (TPSA) is 0 Å². The van der Waals surface area contributed by atoms with Gasteiger partial charge in [-0.05, 0) is 67.2 Å². The highest BCUT2D eigenvalue weighted by molar-refractivity contribution is 5.34. The molecular weight excluding hydrogens is 314 g/mol. The van der Waals surface area contributed by atoms with Gasteiger partial charge in [-0.25, -0.2) is 8.78 Å². The van der Waals surface area contributed by atoms with Crippen LogP contribution in [0.2, 0.25) is 0 Å². The van der Waals surface area contributed by atoms with Crippen LogP contribution in [0, 0.1) is 23.5 Å². The van der Waals surface area contributed by atoms with E-state index in [1.165, 1.54) is 69.1 Å². The summed E-state index contributed by atoms with van der Waals surface area (Å²) >= 11 is 0. The van der Waals surface area contributed by atoms with Crippen molar-refractivity contribution in [3.63, 3.8) is 0 Å². The minimum absolute atomic E-state index is 0.0966. The van der Waals surface area contributed by atoms with Crippen LogP contribution in [0.5, 0.6) is 0 Å². The van der Waals surface area contributed by atoms with Crippen molar-refractivity contribution in [2.45, 2.75) is 70.6 Å². The molecule has 2 heteroatoms. The summed E-state index contributed by atoms with van der Waals surface area (Å²) in [5.74, 6) is 0.737. The standard InChI is InChI=1S/C23H30F2/c1-2-3-4-5-17-6-8-18(9-7-17)19-10-12-20(13-11-19)21-14-22(24)16-23(25)15-21/h10-12,14-18,20H,2-9,13H2,1H3. The van der Waals surface area contributed by atoms with Crippen LogP contribution in [-0.4, -0.2) is 0 Å². The average molecular weight is 344 g/mol. The Labute approximate surface area is 151 Å². The molecule has 0 saturated heterocycles. The van der Waals surface area contributed by atoms with Gasteiger partial charge < -0.3 is 0 Å². The van der Waals surface area contributed by atoms with Crippen LogP contribution in [-0.2, 0) is 0 Å². The molecule has 25 heavy (non-hydrogen) atoms. The summed E-state index contributed by atoms with van der Waals surface area (Å²) in [5, 5.41) is 0. The lowest BCUT2D eigenvalue weighted by Crippen LogP contribution is -2.17. The predicted molar refractivity (Wildman–Crippen MR) is 101 cm³/mol. The van der Waals surface area contributed by atoms with Gasteiger partial charge >= 0.3 is 0 Å². The first-order chi connectivity index (χ1) is 12.2. The summed E-state index contributed by atoms with van der Waals surface area (Å²) in [4.78, 5) is 0. The van der Waals surface area contributed by atoms with Crippen LogP contribution in [0.4, 0.5) is 8.78 Å². The second kappa shape index (κ2) is 8.78. The van der Waals surface area contributed by atoms with Crippen molar-refractivity contribution in [2.75, 3.05) is 0 Å². The van der Waals surface area contributed by atoms with E-state index in [0.29, 0.717) is 5.92 Å². The van der Waals surface area contributed by atoms with Crippen LogP contribution in [0.15, 0.2) is 42.0 Å². The van der Waals surface area contributed by atoms with Gasteiger partial charge in [0.1, 0.15) is 11.6 Å². The predicted octanol–water partition coefficient (Wildman–Crippen LogP) is 7.32. The zero-order chi connectivity index (χ0) is 17.6. The second-order valence-corrected chi connectivity index (χ2v) is 7.82. The van der Waals surface area contributed by atoms with E-state index in [4.69, 9.17) is 0 Å². The molecule has 1 aromatic rings. The Hall–Kier alpha value is -1.44. The number of hydrogen-bond acceptors (Lipinski definition) is 0. The molecule has 0 spiro atoms. The van der Waals surface area contributed by atoms with Crippen molar-refractivity contribution in [3.8, 4) is 0 Å². The normalized spacial score (nSPS) is 26.5. The van der Waals surface area contributed by atoms with E-state index in [9.17, 15) is 8.78 Å². The van der Waals surface area contributed by atoms with Crippen molar-refractivity contribution >= 4 is 0 Å². The minimum Gasteiger partial charge on any atom is -0.207 e. The lowest BCUT2D eigenvalue weighted by atomic mass is 9.75. The monoisotopic (exact) mass is 344 g/mol. The fraction of sp³-hybridized carbons (Fsp3) is 0.565. The van der Waals surface area contributed by atoms with Gasteiger partial charge in [0.2, 0.25) is 0 Å². The number of benzene rings is 1. The van der Waals surface area contributed by atoms with E-state index in [-0.39, 0.29) is 5.92 Å². The second-order valence-electron chi connectivity index (χ2n) is 7.82.